The van der Waals surface area contributed by atoms with Crippen LogP contribution in [0, 0.1) is 5.82 Å². The summed E-state index contributed by atoms with van der Waals surface area (Å²) in [6.07, 6.45) is 0. The molecule has 0 saturated heterocycles. The fourth-order valence-corrected chi connectivity index (χ4v) is 3.37. The molecule has 0 fully saturated rings. The van der Waals surface area contributed by atoms with E-state index >= 15 is 0 Å². The highest BCUT2D eigenvalue weighted by Crippen LogP contribution is 2.38. The molecule has 2 rings (SSSR count). The molecular weight excluding hydrogens is 334 g/mol. The van der Waals surface area contributed by atoms with Gasteiger partial charge >= 0.3 is 0 Å². The van der Waals surface area contributed by atoms with Crippen LogP contribution in [0.1, 0.15) is 15.8 Å². The number of halogens is 4. The molecule has 16 heavy (non-hydrogen) atoms. The van der Waals surface area contributed by atoms with Crippen molar-refractivity contribution in [1.29, 1.82) is 0 Å². The minimum Gasteiger partial charge on any atom is -0.207 e. The molecule has 1 aromatic carbocycles. The molecule has 0 saturated carbocycles. The third-order valence-electron chi connectivity index (χ3n) is 2.11. The molecule has 0 radical (unpaired) electrons. The predicted octanol–water partition coefficient (Wildman–Crippen LogP) is 5.63. The summed E-state index contributed by atoms with van der Waals surface area (Å²) in [4.78, 5) is 0.764. The van der Waals surface area contributed by atoms with Crippen LogP contribution in [0.2, 0.25) is 5.02 Å². The molecule has 5 heteroatoms. The third kappa shape index (κ3) is 2.43. The highest BCUT2D eigenvalue weighted by molar-refractivity contribution is 9.10. The zero-order valence-corrected chi connectivity index (χ0v) is 11.8. The van der Waals surface area contributed by atoms with Crippen LogP contribution in [0.25, 0.3) is 0 Å². The lowest BCUT2D eigenvalue weighted by molar-refractivity contribution is 0.612. The zero-order chi connectivity index (χ0) is 11.7. The first kappa shape index (κ1) is 12.4. The second-order valence-electron chi connectivity index (χ2n) is 3.16. The summed E-state index contributed by atoms with van der Waals surface area (Å²) in [6.45, 7) is 0. The molecule has 0 aliphatic carbocycles. The Balaban J connectivity index is 2.45. The SMILES string of the molecule is Fc1ccc(Br)cc1C(Cl)c1sccc1Cl. The molecule has 1 aromatic heterocycles. The van der Waals surface area contributed by atoms with Crippen LogP contribution in [0.3, 0.4) is 0 Å². The maximum Gasteiger partial charge on any atom is 0.128 e. The number of alkyl halides is 1. The Kier molecular flexibility index (Phi) is 3.90. The van der Waals surface area contributed by atoms with Crippen molar-refractivity contribution in [1.82, 2.24) is 0 Å². The largest absolute Gasteiger partial charge is 0.207 e. The minimum absolute atomic E-state index is 0.326. The van der Waals surface area contributed by atoms with Crippen LogP contribution < -0.4 is 0 Å². The van der Waals surface area contributed by atoms with Gasteiger partial charge in [0.1, 0.15) is 5.82 Å². The van der Waals surface area contributed by atoms with Crippen molar-refractivity contribution in [3.63, 3.8) is 0 Å². The summed E-state index contributed by atoms with van der Waals surface area (Å²) >= 11 is 16.9. The molecule has 0 bridgehead atoms. The van der Waals surface area contributed by atoms with Gasteiger partial charge in [-0.25, -0.2) is 4.39 Å². The number of thiophene rings is 1. The van der Waals surface area contributed by atoms with Crippen molar-refractivity contribution in [3.8, 4) is 0 Å². The Morgan fingerprint density at radius 2 is 2.06 bits per heavy atom. The first-order valence-corrected chi connectivity index (χ1v) is 6.90. The lowest BCUT2D eigenvalue weighted by Gasteiger charge is -2.10. The molecular formula is C11H6BrCl2FS. The number of benzene rings is 1. The maximum absolute atomic E-state index is 13.6. The average Bonchev–Trinajstić information content (AvgIpc) is 2.67. The van der Waals surface area contributed by atoms with E-state index in [9.17, 15) is 4.39 Å². The van der Waals surface area contributed by atoms with E-state index in [1.54, 1.807) is 18.2 Å². The van der Waals surface area contributed by atoms with E-state index in [2.05, 4.69) is 15.9 Å². The van der Waals surface area contributed by atoms with Gasteiger partial charge in [-0.2, -0.15) is 0 Å². The van der Waals surface area contributed by atoms with Crippen molar-refractivity contribution in [2.75, 3.05) is 0 Å². The van der Waals surface area contributed by atoms with Crippen molar-refractivity contribution in [2.45, 2.75) is 5.38 Å². The predicted molar refractivity (Wildman–Crippen MR) is 71.1 cm³/mol. The molecule has 84 valence electrons. The van der Waals surface area contributed by atoms with E-state index in [0.29, 0.717) is 10.6 Å². The highest BCUT2D eigenvalue weighted by Gasteiger charge is 2.19. The summed E-state index contributed by atoms with van der Waals surface area (Å²) in [6, 6.07) is 6.45. The molecule has 0 N–H and O–H groups in total. The Morgan fingerprint density at radius 3 is 2.69 bits per heavy atom. The Hall–Kier alpha value is -0.0900. The van der Waals surface area contributed by atoms with E-state index in [1.165, 1.54) is 17.4 Å². The van der Waals surface area contributed by atoms with Crippen molar-refractivity contribution < 1.29 is 4.39 Å². The summed E-state index contributed by atoms with van der Waals surface area (Å²) in [5, 5.41) is 1.86. The fourth-order valence-electron chi connectivity index (χ4n) is 1.34. The smallest absolute Gasteiger partial charge is 0.128 e. The normalized spacial score (nSPS) is 12.8. The van der Waals surface area contributed by atoms with Crippen LogP contribution in [-0.4, -0.2) is 0 Å². The lowest BCUT2D eigenvalue weighted by atomic mass is 10.1. The molecule has 1 heterocycles. The Bertz CT molecular complexity index is 512. The van der Waals surface area contributed by atoms with E-state index in [4.69, 9.17) is 23.2 Å². The Morgan fingerprint density at radius 1 is 1.31 bits per heavy atom. The van der Waals surface area contributed by atoms with Gasteiger partial charge in [-0.15, -0.1) is 22.9 Å². The van der Waals surface area contributed by atoms with E-state index in [1.807, 2.05) is 5.38 Å². The van der Waals surface area contributed by atoms with Crippen LogP contribution in [0.5, 0.6) is 0 Å². The molecule has 0 amide bonds. The van der Waals surface area contributed by atoms with Gasteiger partial charge in [0.25, 0.3) is 0 Å². The molecule has 2 aromatic rings. The first-order chi connectivity index (χ1) is 7.59. The van der Waals surface area contributed by atoms with Gasteiger partial charge in [0.05, 0.1) is 10.4 Å². The summed E-state index contributed by atoms with van der Waals surface area (Å²) in [5.74, 6) is -0.326. The van der Waals surface area contributed by atoms with Crippen LogP contribution in [-0.2, 0) is 0 Å². The monoisotopic (exact) mass is 338 g/mol. The van der Waals surface area contributed by atoms with E-state index in [0.717, 1.165) is 9.35 Å². The van der Waals surface area contributed by atoms with Gasteiger partial charge in [-0.1, -0.05) is 27.5 Å². The zero-order valence-electron chi connectivity index (χ0n) is 7.88. The fraction of sp³-hybridized carbons (Fsp3) is 0.0909. The standard InChI is InChI=1S/C11H6BrCl2FS/c12-6-1-2-9(15)7(5-6)10(14)11-8(13)3-4-16-11/h1-5,10H. The number of rotatable bonds is 2. The third-order valence-corrected chi connectivity index (χ3v) is 4.61. The minimum atomic E-state index is -0.551. The quantitative estimate of drug-likeness (QED) is 0.622. The van der Waals surface area contributed by atoms with Gasteiger partial charge < -0.3 is 0 Å². The second kappa shape index (κ2) is 5.05. The highest BCUT2D eigenvalue weighted by atomic mass is 79.9. The summed E-state index contributed by atoms with van der Waals surface area (Å²) < 4.78 is 14.4. The van der Waals surface area contributed by atoms with Crippen molar-refractivity contribution >= 4 is 50.5 Å². The maximum atomic E-state index is 13.6. The molecule has 0 nitrogen and oxygen atoms in total. The molecule has 0 aliphatic rings. The average molecular weight is 340 g/mol. The van der Waals surface area contributed by atoms with Gasteiger partial charge in [0.2, 0.25) is 0 Å². The van der Waals surface area contributed by atoms with Crippen molar-refractivity contribution in [3.05, 3.63) is 55.4 Å². The van der Waals surface area contributed by atoms with Gasteiger partial charge in [0.15, 0.2) is 0 Å². The Labute approximate surface area is 115 Å². The van der Waals surface area contributed by atoms with E-state index in [-0.39, 0.29) is 5.82 Å². The van der Waals surface area contributed by atoms with E-state index < -0.39 is 5.38 Å². The summed E-state index contributed by atoms with van der Waals surface area (Å²) in [5.41, 5.74) is 0.431. The van der Waals surface area contributed by atoms with Gasteiger partial charge in [0, 0.05) is 14.9 Å². The number of hydrogen-bond acceptors (Lipinski definition) is 1. The summed E-state index contributed by atoms with van der Waals surface area (Å²) in [7, 11) is 0. The molecule has 1 unspecified atom stereocenters. The molecule has 1 atom stereocenters. The van der Waals surface area contributed by atoms with Gasteiger partial charge in [-0.05, 0) is 29.6 Å². The number of hydrogen-bond donors (Lipinski definition) is 0. The van der Waals surface area contributed by atoms with Crippen molar-refractivity contribution in [2.24, 2.45) is 0 Å². The molecule has 0 aliphatic heterocycles. The van der Waals surface area contributed by atoms with Gasteiger partial charge in [-0.3, -0.25) is 0 Å². The van der Waals surface area contributed by atoms with Crippen LogP contribution >= 0.6 is 50.5 Å². The lowest BCUT2D eigenvalue weighted by Crippen LogP contribution is -1.95. The first-order valence-electron chi connectivity index (χ1n) is 4.41. The topological polar surface area (TPSA) is 0 Å². The van der Waals surface area contributed by atoms with Crippen LogP contribution in [0.15, 0.2) is 34.1 Å². The molecule has 0 spiro atoms. The van der Waals surface area contributed by atoms with Crippen LogP contribution in [0.4, 0.5) is 4.39 Å². The second-order valence-corrected chi connectivity index (χ2v) is 5.87.